The second-order valence-electron chi connectivity index (χ2n) is 7.29. The van der Waals surface area contributed by atoms with Crippen molar-refractivity contribution in [2.45, 2.75) is 12.8 Å². The maximum atomic E-state index is 12.5. The highest BCUT2D eigenvalue weighted by Gasteiger charge is 2.18. The van der Waals surface area contributed by atoms with Crippen LogP contribution in [0.3, 0.4) is 0 Å². The van der Waals surface area contributed by atoms with Gasteiger partial charge in [-0.15, -0.1) is 0 Å². The summed E-state index contributed by atoms with van der Waals surface area (Å²) in [6, 6.07) is 18.3. The third kappa shape index (κ3) is 3.33. The van der Waals surface area contributed by atoms with Crippen LogP contribution >= 0.6 is 0 Å². The van der Waals surface area contributed by atoms with Crippen molar-refractivity contribution in [2.75, 3.05) is 0 Å². The summed E-state index contributed by atoms with van der Waals surface area (Å²) in [5, 5.41) is 24.4. The van der Waals surface area contributed by atoms with Crippen LogP contribution in [0.1, 0.15) is 27.2 Å². The number of aryl methyl sites for hydroxylation is 2. The fraction of sp³-hybridized carbons (Fsp3) is 0.0870. The molecule has 0 aliphatic heterocycles. The summed E-state index contributed by atoms with van der Waals surface area (Å²) in [6.07, 6.45) is 3.33. The number of aromatic nitrogens is 2. The molecule has 0 saturated heterocycles. The normalized spacial score (nSPS) is 12.5. The van der Waals surface area contributed by atoms with Crippen LogP contribution in [0.2, 0.25) is 0 Å². The van der Waals surface area contributed by atoms with Crippen LogP contribution in [0.15, 0.2) is 65.8 Å². The lowest BCUT2D eigenvalue weighted by atomic mass is 9.98. The molecule has 0 fully saturated rings. The number of hydrogen-bond donors (Lipinski definition) is 2. The first-order valence-corrected chi connectivity index (χ1v) is 9.78. The van der Waals surface area contributed by atoms with Crippen molar-refractivity contribution in [3.8, 4) is 11.3 Å². The number of nitro benzene ring substituents is 1. The second kappa shape index (κ2) is 7.49. The molecule has 2 N–H and O–H groups in total. The summed E-state index contributed by atoms with van der Waals surface area (Å²) in [7, 11) is 0. The van der Waals surface area contributed by atoms with Gasteiger partial charge in [-0.05, 0) is 46.9 Å². The SMILES string of the molecule is O=C(N/N=C/c1ccccc1[N+](=O)[O-])c1cc(-c2ccc3c4c(cccc24)CC3)n[nH]1. The number of carbonyl (C=O) groups excluding carboxylic acids is 1. The van der Waals surface area contributed by atoms with E-state index in [2.05, 4.69) is 38.9 Å². The third-order valence-electron chi connectivity index (χ3n) is 5.48. The van der Waals surface area contributed by atoms with E-state index in [0.717, 1.165) is 23.8 Å². The lowest BCUT2D eigenvalue weighted by Gasteiger charge is -2.06. The number of H-pyrrole nitrogens is 1. The fourth-order valence-electron chi connectivity index (χ4n) is 4.03. The number of carbonyl (C=O) groups is 1. The van der Waals surface area contributed by atoms with Crippen molar-refractivity contribution in [1.82, 2.24) is 15.6 Å². The van der Waals surface area contributed by atoms with E-state index in [1.54, 1.807) is 24.3 Å². The third-order valence-corrected chi connectivity index (χ3v) is 5.48. The molecular weight excluding hydrogens is 394 g/mol. The van der Waals surface area contributed by atoms with Crippen LogP contribution in [0.5, 0.6) is 0 Å². The highest BCUT2D eigenvalue weighted by atomic mass is 16.6. The maximum absolute atomic E-state index is 12.5. The summed E-state index contributed by atoms with van der Waals surface area (Å²) in [4.78, 5) is 23.0. The van der Waals surface area contributed by atoms with E-state index in [1.807, 2.05) is 12.1 Å². The Bertz CT molecular complexity index is 1360. The first kappa shape index (κ1) is 18.7. The molecule has 0 unspecified atom stereocenters. The van der Waals surface area contributed by atoms with Gasteiger partial charge in [0.2, 0.25) is 0 Å². The van der Waals surface area contributed by atoms with E-state index in [1.165, 1.54) is 28.8 Å². The fourth-order valence-corrected chi connectivity index (χ4v) is 4.03. The van der Waals surface area contributed by atoms with Crippen LogP contribution in [-0.4, -0.2) is 27.2 Å². The summed E-state index contributed by atoms with van der Waals surface area (Å²) in [5.74, 6) is -0.487. The van der Waals surface area contributed by atoms with Gasteiger partial charge >= 0.3 is 0 Å². The van der Waals surface area contributed by atoms with E-state index in [4.69, 9.17) is 0 Å². The molecule has 0 bridgehead atoms. The Labute approximate surface area is 176 Å². The molecule has 0 atom stereocenters. The number of nitrogens with zero attached hydrogens (tertiary/aromatic N) is 3. The van der Waals surface area contributed by atoms with Crippen LogP contribution in [0.25, 0.3) is 22.0 Å². The molecule has 3 aromatic carbocycles. The molecule has 0 radical (unpaired) electrons. The quantitative estimate of drug-likeness (QED) is 0.293. The van der Waals surface area contributed by atoms with Crippen molar-refractivity contribution in [3.05, 3.63) is 93.2 Å². The molecule has 1 heterocycles. The molecule has 1 amide bonds. The number of nitrogens with one attached hydrogen (secondary N) is 2. The Morgan fingerprint density at radius 3 is 2.74 bits per heavy atom. The van der Waals surface area contributed by atoms with Crippen molar-refractivity contribution in [3.63, 3.8) is 0 Å². The van der Waals surface area contributed by atoms with Crippen LogP contribution in [-0.2, 0) is 12.8 Å². The number of hydrogen-bond acceptors (Lipinski definition) is 5. The molecule has 8 heteroatoms. The lowest BCUT2D eigenvalue weighted by Crippen LogP contribution is -2.18. The molecule has 1 aliphatic rings. The standard InChI is InChI=1S/C23H17N5O3/c29-23(27-24-13-16-4-1-2-7-21(16)28(30)31)20-12-19(25-26-20)17-11-10-15-9-8-14-5-3-6-18(17)22(14)15/h1-7,10-13H,8-9H2,(H,25,26)(H,27,29)/b24-13+. The van der Waals surface area contributed by atoms with Crippen molar-refractivity contribution in [1.29, 1.82) is 0 Å². The number of hydrazone groups is 1. The van der Waals surface area contributed by atoms with Gasteiger partial charge in [0.05, 0.1) is 22.4 Å². The molecular formula is C23H17N5O3. The Hall–Kier alpha value is -4.33. The molecule has 31 heavy (non-hydrogen) atoms. The monoisotopic (exact) mass is 411 g/mol. The largest absolute Gasteiger partial charge is 0.289 e. The zero-order valence-corrected chi connectivity index (χ0v) is 16.3. The number of para-hydroxylation sites is 1. The highest BCUT2D eigenvalue weighted by molar-refractivity contribution is 6.02. The number of aromatic amines is 1. The highest BCUT2D eigenvalue weighted by Crippen LogP contribution is 2.36. The number of benzene rings is 3. The van der Waals surface area contributed by atoms with Gasteiger partial charge in [-0.1, -0.05) is 42.5 Å². The summed E-state index contributed by atoms with van der Waals surface area (Å²) in [5.41, 5.74) is 7.15. The summed E-state index contributed by atoms with van der Waals surface area (Å²) < 4.78 is 0. The zero-order chi connectivity index (χ0) is 21.4. The van der Waals surface area contributed by atoms with Crippen LogP contribution < -0.4 is 5.43 Å². The molecule has 0 spiro atoms. The first-order valence-electron chi connectivity index (χ1n) is 9.78. The van der Waals surface area contributed by atoms with E-state index in [-0.39, 0.29) is 11.4 Å². The van der Waals surface area contributed by atoms with Gasteiger partial charge in [0.25, 0.3) is 11.6 Å². The molecule has 4 aromatic rings. The molecule has 152 valence electrons. The molecule has 8 nitrogen and oxygen atoms in total. The average molecular weight is 411 g/mol. The average Bonchev–Trinajstić information content (AvgIpc) is 3.43. The van der Waals surface area contributed by atoms with Crippen molar-refractivity contribution < 1.29 is 9.72 Å². The van der Waals surface area contributed by atoms with E-state index in [9.17, 15) is 14.9 Å². The smallest absolute Gasteiger partial charge is 0.272 e. The molecule has 1 aromatic heterocycles. The number of amides is 1. The minimum atomic E-state index is -0.498. The number of nitro groups is 1. The van der Waals surface area contributed by atoms with Gasteiger partial charge in [-0.3, -0.25) is 20.0 Å². The Morgan fingerprint density at radius 1 is 1.10 bits per heavy atom. The number of rotatable bonds is 5. The Morgan fingerprint density at radius 2 is 1.90 bits per heavy atom. The van der Waals surface area contributed by atoms with Crippen molar-refractivity contribution in [2.24, 2.45) is 5.10 Å². The van der Waals surface area contributed by atoms with Gasteiger partial charge in [0, 0.05) is 11.6 Å². The predicted octanol–water partition coefficient (Wildman–Crippen LogP) is 4.00. The molecule has 0 saturated carbocycles. The van der Waals surface area contributed by atoms with Gasteiger partial charge in [0.1, 0.15) is 5.69 Å². The van der Waals surface area contributed by atoms with Crippen molar-refractivity contribution >= 4 is 28.6 Å². The second-order valence-corrected chi connectivity index (χ2v) is 7.29. The zero-order valence-electron chi connectivity index (χ0n) is 16.3. The first-order chi connectivity index (χ1) is 15.1. The molecule has 1 aliphatic carbocycles. The Balaban J connectivity index is 1.38. The molecule has 5 rings (SSSR count). The Kier molecular flexibility index (Phi) is 4.51. The van der Waals surface area contributed by atoms with E-state index in [0.29, 0.717) is 11.3 Å². The summed E-state index contributed by atoms with van der Waals surface area (Å²) >= 11 is 0. The van der Waals surface area contributed by atoms with Gasteiger partial charge in [-0.2, -0.15) is 10.2 Å². The van der Waals surface area contributed by atoms with Crippen LogP contribution in [0, 0.1) is 10.1 Å². The van der Waals surface area contributed by atoms with E-state index >= 15 is 0 Å². The minimum absolute atomic E-state index is 0.0867. The van der Waals surface area contributed by atoms with Gasteiger partial charge < -0.3 is 0 Å². The topological polar surface area (TPSA) is 113 Å². The van der Waals surface area contributed by atoms with Crippen LogP contribution in [0.4, 0.5) is 5.69 Å². The lowest BCUT2D eigenvalue weighted by molar-refractivity contribution is -0.385. The maximum Gasteiger partial charge on any atom is 0.289 e. The minimum Gasteiger partial charge on any atom is -0.272 e. The summed E-state index contributed by atoms with van der Waals surface area (Å²) in [6.45, 7) is 0. The predicted molar refractivity (Wildman–Crippen MR) is 117 cm³/mol. The van der Waals surface area contributed by atoms with Gasteiger partial charge in [0.15, 0.2) is 0 Å². The van der Waals surface area contributed by atoms with Gasteiger partial charge in [-0.25, -0.2) is 5.43 Å². The van der Waals surface area contributed by atoms with E-state index < -0.39 is 10.8 Å².